The van der Waals surface area contributed by atoms with Crippen LogP contribution in [0.15, 0.2) is 71.6 Å². The van der Waals surface area contributed by atoms with E-state index < -0.39 is 28.5 Å². The molecule has 11 heteroatoms. The maximum Gasteiger partial charge on any atom is 0.338 e. The first kappa shape index (κ1) is 22.0. The van der Waals surface area contributed by atoms with Crippen molar-refractivity contribution >= 4 is 56.0 Å². The number of hydrogen-bond donors (Lipinski definition) is 1. The third-order valence-corrected chi connectivity index (χ3v) is 7.75. The van der Waals surface area contributed by atoms with Crippen molar-refractivity contribution in [3.8, 4) is 0 Å². The Kier molecular flexibility index (Phi) is 5.72. The summed E-state index contributed by atoms with van der Waals surface area (Å²) in [6.07, 6.45) is 0.622. The predicted octanol–water partition coefficient (Wildman–Crippen LogP) is 3.24. The summed E-state index contributed by atoms with van der Waals surface area (Å²) in [7, 11) is -3.86. The highest BCUT2D eigenvalue weighted by atomic mass is 32.2. The van der Waals surface area contributed by atoms with Crippen LogP contribution >= 0.6 is 11.7 Å². The Balaban J connectivity index is 1.27. The first-order valence-corrected chi connectivity index (χ1v) is 12.5. The number of nitrogens with zero attached hydrogens (tertiary/aromatic N) is 3. The average Bonchev–Trinajstić information content (AvgIpc) is 3.51. The van der Waals surface area contributed by atoms with Gasteiger partial charge in [-0.05, 0) is 48.4 Å². The highest BCUT2D eigenvalue weighted by Gasteiger charge is 2.31. The van der Waals surface area contributed by atoms with Gasteiger partial charge in [0.15, 0.2) is 6.61 Å². The number of ether oxygens (including phenoxy) is 1. The van der Waals surface area contributed by atoms with Crippen LogP contribution in [0, 0.1) is 0 Å². The Hall–Kier alpha value is -3.83. The molecular formula is C23H18N4O5S2. The molecule has 9 nitrogen and oxygen atoms in total. The third-order valence-electron chi connectivity index (χ3n) is 5.40. The molecular weight excluding hydrogens is 476 g/mol. The second-order valence-corrected chi connectivity index (χ2v) is 9.94. The number of esters is 1. The lowest BCUT2D eigenvalue weighted by molar-refractivity contribution is -0.119. The number of carbonyl (C=O) groups is 2. The van der Waals surface area contributed by atoms with Crippen LogP contribution in [0.4, 0.5) is 11.4 Å². The van der Waals surface area contributed by atoms with Gasteiger partial charge in [0.1, 0.15) is 11.0 Å². The van der Waals surface area contributed by atoms with E-state index in [1.54, 1.807) is 30.3 Å². The van der Waals surface area contributed by atoms with Crippen molar-refractivity contribution in [1.29, 1.82) is 0 Å². The first-order chi connectivity index (χ1) is 16.4. The number of carbonyl (C=O) groups excluding carboxylic acids is 2. The van der Waals surface area contributed by atoms with E-state index in [0.717, 1.165) is 17.3 Å². The van der Waals surface area contributed by atoms with Crippen LogP contribution < -0.4 is 9.62 Å². The van der Waals surface area contributed by atoms with Crippen LogP contribution in [0.1, 0.15) is 15.9 Å². The predicted molar refractivity (Wildman–Crippen MR) is 127 cm³/mol. The molecule has 0 saturated carbocycles. The van der Waals surface area contributed by atoms with Crippen molar-refractivity contribution in [2.24, 2.45) is 0 Å². The molecule has 0 aliphatic carbocycles. The summed E-state index contributed by atoms with van der Waals surface area (Å²) in [5, 5.41) is 2.65. The molecule has 4 aromatic rings. The smallest absolute Gasteiger partial charge is 0.338 e. The van der Waals surface area contributed by atoms with Gasteiger partial charge in [-0.3, -0.25) is 9.10 Å². The standard InChI is InChI=1S/C23H18N4O5S2/c28-21(24-18-8-4-9-19-22(18)26-33-25-19)14-32-23(29)16-6-3-7-17(13-16)34(30,31)27-12-11-15-5-1-2-10-20(15)27/h1-10,13H,11-12,14H2,(H,24,28). The molecule has 0 saturated heterocycles. The van der Waals surface area contributed by atoms with Crippen LogP contribution in [0.2, 0.25) is 0 Å². The Morgan fingerprint density at radius 2 is 1.85 bits per heavy atom. The number of benzene rings is 3. The van der Waals surface area contributed by atoms with Crippen molar-refractivity contribution < 1.29 is 22.7 Å². The number of hydrogen-bond acceptors (Lipinski definition) is 8. The molecule has 5 rings (SSSR count). The van der Waals surface area contributed by atoms with Crippen LogP contribution in [0.5, 0.6) is 0 Å². The van der Waals surface area contributed by atoms with Gasteiger partial charge < -0.3 is 10.1 Å². The fraction of sp³-hybridized carbons (Fsp3) is 0.130. The molecule has 1 amide bonds. The Morgan fingerprint density at radius 1 is 1.03 bits per heavy atom. The fourth-order valence-electron chi connectivity index (χ4n) is 3.78. The van der Waals surface area contributed by atoms with Crippen LogP contribution in [0.3, 0.4) is 0 Å². The van der Waals surface area contributed by atoms with Gasteiger partial charge in [-0.25, -0.2) is 13.2 Å². The zero-order valence-corrected chi connectivity index (χ0v) is 19.3. The Labute approximate surface area is 199 Å². The summed E-state index contributed by atoms with van der Waals surface area (Å²) in [6, 6.07) is 18.1. The van der Waals surface area contributed by atoms with Gasteiger partial charge in [-0.1, -0.05) is 30.3 Å². The SMILES string of the molecule is O=C(COC(=O)c1cccc(S(=O)(=O)N2CCc3ccccc32)c1)Nc1cccc2nsnc12. The van der Waals surface area contributed by atoms with E-state index in [1.807, 2.05) is 12.1 Å². The Bertz CT molecular complexity index is 1520. The number of para-hydroxylation sites is 1. The summed E-state index contributed by atoms with van der Waals surface area (Å²) in [5.74, 6) is -1.35. The highest BCUT2D eigenvalue weighted by molar-refractivity contribution is 7.92. The topological polar surface area (TPSA) is 119 Å². The fourth-order valence-corrected chi connectivity index (χ4v) is 5.88. The second-order valence-electron chi connectivity index (χ2n) is 7.55. The lowest BCUT2D eigenvalue weighted by Gasteiger charge is -2.19. The maximum absolute atomic E-state index is 13.2. The number of rotatable bonds is 6. The zero-order chi connectivity index (χ0) is 23.7. The van der Waals surface area contributed by atoms with Crippen LogP contribution in [-0.2, 0) is 26.0 Å². The van der Waals surface area contributed by atoms with Gasteiger partial charge in [0, 0.05) is 6.54 Å². The summed E-state index contributed by atoms with van der Waals surface area (Å²) in [6.45, 7) is -0.207. The highest BCUT2D eigenvalue weighted by Crippen LogP contribution is 2.32. The molecule has 0 atom stereocenters. The molecule has 0 fully saturated rings. The van der Waals surface area contributed by atoms with Gasteiger partial charge >= 0.3 is 5.97 Å². The summed E-state index contributed by atoms with van der Waals surface area (Å²) >= 11 is 1.03. The van der Waals surface area contributed by atoms with E-state index >= 15 is 0 Å². The quantitative estimate of drug-likeness (QED) is 0.409. The number of amides is 1. The Morgan fingerprint density at radius 3 is 2.74 bits per heavy atom. The molecule has 34 heavy (non-hydrogen) atoms. The maximum atomic E-state index is 13.2. The summed E-state index contributed by atoms with van der Waals surface area (Å²) in [4.78, 5) is 24.8. The van der Waals surface area contributed by atoms with Gasteiger partial charge in [-0.2, -0.15) is 8.75 Å². The zero-order valence-electron chi connectivity index (χ0n) is 17.7. The third kappa shape index (κ3) is 4.11. The van der Waals surface area contributed by atoms with Gasteiger partial charge in [0.05, 0.1) is 33.6 Å². The largest absolute Gasteiger partial charge is 0.452 e. The lowest BCUT2D eigenvalue weighted by Crippen LogP contribution is -2.29. The van der Waals surface area contributed by atoms with Crippen molar-refractivity contribution in [2.75, 3.05) is 22.8 Å². The van der Waals surface area contributed by atoms with Crippen LogP contribution in [0.25, 0.3) is 11.0 Å². The molecule has 172 valence electrons. The van der Waals surface area contributed by atoms with E-state index in [1.165, 1.54) is 28.6 Å². The number of sulfonamides is 1. The minimum Gasteiger partial charge on any atom is -0.452 e. The minimum atomic E-state index is -3.86. The van der Waals surface area contributed by atoms with Crippen molar-refractivity contribution in [2.45, 2.75) is 11.3 Å². The normalized spacial score (nSPS) is 13.0. The molecule has 1 aromatic heterocycles. The van der Waals surface area contributed by atoms with Crippen molar-refractivity contribution in [3.05, 3.63) is 77.9 Å². The molecule has 0 unspecified atom stereocenters. The lowest BCUT2D eigenvalue weighted by atomic mass is 10.2. The van der Waals surface area contributed by atoms with E-state index in [-0.39, 0.29) is 10.5 Å². The number of nitrogens with one attached hydrogen (secondary N) is 1. The monoisotopic (exact) mass is 494 g/mol. The number of fused-ring (bicyclic) bond motifs is 2. The summed E-state index contributed by atoms with van der Waals surface area (Å²) < 4.78 is 41.2. The molecule has 1 aliphatic heterocycles. The second kappa shape index (κ2) is 8.84. The average molecular weight is 495 g/mol. The minimum absolute atomic E-state index is 0.0224. The van der Waals surface area contributed by atoms with E-state index in [2.05, 4.69) is 14.1 Å². The van der Waals surface area contributed by atoms with Gasteiger partial charge in [-0.15, -0.1) is 0 Å². The van der Waals surface area contributed by atoms with Gasteiger partial charge in [0.2, 0.25) is 0 Å². The first-order valence-electron chi connectivity index (χ1n) is 10.3. The molecule has 2 heterocycles. The summed E-state index contributed by atoms with van der Waals surface area (Å²) in [5.41, 5.74) is 3.29. The molecule has 0 bridgehead atoms. The van der Waals surface area contributed by atoms with E-state index in [4.69, 9.17) is 4.74 Å². The molecule has 3 aromatic carbocycles. The number of anilines is 2. The van der Waals surface area contributed by atoms with E-state index in [9.17, 15) is 18.0 Å². The van der Waals surface area contributed by atoms with Gasteiger partial charge in [0.25, 0.3) is 15.9 Å². The molecule has 1 N–H and O–H groups in total. The molecule has 1 aliphatic rings. The van der Waals surface area contributed by atoms with Crippen LogP contribution in [-0.4, -0.2) is 42.2 Å². The van der Waals surface area contributed by atoms with Crippen molar-refractivity contribution in [3.63, 3.8) is 0 Å². The van der Waals surface area contributed by atoms with E-state index in [0.29, 0.717) is 35.4 Å². The number of aromatic nitrogens is 2. The molecule has 0 spiro atoms. The van der Waals surface area contributed by atoms with Crippen molar-refractivity contribution in [1.82, 2.24) is 8.75 Å². The molecule has 0 radical (unpaired) electrons.